The molecule has 0 aromatic rings. The molecule has 0 amide bonds. The minimum absolute atomic E-state index is 0.368. The number of halogens is 3. The number of hydrogen-bond acceptors (Lipinski definition) is 3. The number of carboxylic acids is 1. The molecule has 0 aromatic carbocycles. The van der Waals surface area contributed by atoms with Crippen LogP contribution < -0.4 is 5.32 Å². The molecule has 0 radical (unpaired) electrons. The highest BCUT2D eigenvalue weighted by atomic mass is 32.2. The second-order valence-corrected chi connectivity index (χ2v) is 4.97. The second-order valence-electron chi connectivity index (χ2n) is 3.82. The zero-order valence-corrected chi connectivity index (χ0v) is 9.40. The molecule has 1 rings (SSSR count). The summed E-state index contributed by atoms with van der Waals surface area (Å²) in [6.07, 6.45) is -3.69. The van der Waals surface area contributed by atoms with E-state index in [1.807, 2.05) is 0 Å². The summed E-state index contributed by atoms with van der Waals surface area (Å²) in [6, 6.07) is 0. The second kappa shape index (κ2) is 5.77. The fraction of sp³-hybridized carbons (Fsp3) is 0.889. The van der Waals surface area contributed by atoms with Gasteiger partial charge in [0.2, 0.25) is 0 Å². The Morgan fingerprint density at radius 1 is 1.56 bits per heavy atom. The summed E-state index contributed by atoms with van der Waals surface area (Å²) in [5.41, 5.74) is 0. The van der Waals surface area contributed by atoms with Crippen LogP contribution >= 0.6 is 11.8 Å². The molecule has 1 saturated heterocycles. The molecule has 0 spiro atoms. The van der Waals surface area contributed by atoms with E-state index in [9.17, 15) is 18.0 Å². The van der Waals surface area contributed by atoms with E-state index in [-0.39, 0.29) is 0 Å². The topological polar surface area (TPSA) is 49.3 Å². The molecule has 0 aromatic heterocycles. The molecule has 0 saturated carbocycles. The van der Waals surface area contributed by atoms with Gasteiger partial charge in [-0.15, -0.1) is 0 Å². The minimum Gasteiger partial charge on any atom is -0.481 e. The van der Waals surface area contributed by atoms with E-state index >= 15 is 0 Å². The van der Waals surface area contributed by atoms with E-state index in [1.54, 1.807) is 11.8 Å². The van der Waals surface area contributed by atoms with Crippen LogP contribution in [-0.4, -0.2) is 41.8 Å². The Hall–Kier alpha value is -0.430. The zero-order chi connectivity index (χ0) is 12.2. The molecule has 1 heterocycles. The Labute approximate surface area is 95.8 Å². The van der Waals surface area contributed by atoms with Crippen molar-refractivity contribution in [1.29, 1.82) is 0 Å². The van der Waals surface area contributed by atoms with Gasteiger partial charge in [0.15, 0.2) is 5.92 Å². The summed E-state index contributed by atoms with van der Waals surface area (Å²) < 4.78 is 36.7. The monoisotopic (exact) mass is 257 g/mol. The highest BCUT2D eigenvalue weighted by Crippen LogP contribution is 2.26. The minimum atomic E-state index is -4.68. The van der Waals surface area contributed by atoms with Crippen molar-refractivity contribution in [1.82, 2.24) is 5.32 Å². The summed E-state index contributed by atoms with van der Waals surface area (Å²) >= 11 is 1.77. The average Bonchev–Trinajstić information content (AvgIpc) is 2.61. The molecule has 1 aliphatic rings. The maximum absolute atomic E-state index is 12.2. The number of aliphatic carboxylic acids is 1. The van der Waals surface area contributed by atoms with Gasteiger partial charge in [0.05, 0.1) is 0 Å². The van der Waals surface area contributed by atoms with Gasteiger partial charge in [0, 0.05) is 6.54 Å². The van der Waals surface area contributed by atoms with Crippen LogP contribution in [0.2, 0.25) is 0 Å². The number of rotatable bonds is 5. The number of hydrogen-bond donors (Lipinski definition) is 2. The first-order chi connectivity index (χ1) is 7.41. The van der Waals surface area contributed by atoms with Crippen LogP contribution in [0.5, 0.6) is 0 Å². The summed E-state index contributed by atoms with van der Waals surface area (Å²) in [5, 5.41) is 11.0. The molecule has 2 atom stereocenters. The Morgan fingerprint density at radius 2 is 2.25 bits per heavy atom. The Kier molecular flexibility index (Phi) is 4.91. The number of thioether (sulfide) groups is 1. The van der Waals surface area contributed by atoms with Gasteiger partial charge in [-0.05, 0) is 30.4 Å². The Bertz CT molecular complexity index is 241. The first-order valence-electron chi connectivity index (χ1n) is 4.99. The van der Waals surface area contributed by atoms with Crippen molar-refractivity contribution in [2.24, 2.45) is 11.8 Å². The van der Waals surface area contributed by atoms with Crippen LogP contribution in [0, 0.1) is 11.8 Å². The third kappa shape index (κ3) is 4.21. The van der Waals surface area contributed by atoms with Crippen LogP contribution in [0.3, 0.4) is 0 Å². The highest BCUT2D eigenvalue weighted by Gasteiger charge is 2.44. The fourth-order valence-corrected chi connectivity index (χ4v) is 2.80. The van der Waals surface area contributed by atoms with Crippen molar-refractivity contribution in [3.8, 4) is 0 Å². The number of nitrogens with one attached hydrogen (secondary N) is 1. The predicted octanol–water partition coefficient (Wildman–Crippen LogP) is 1.59. The van der Waals surface area contributed by atoms with E-state index in [4.69, 9.17) is 5.11 Å². The number of carbonyl (C=O) groups is 1. The molecule has 1 aliphatic heterocycles. The first kappa shape index (κ1) is 13.6. The molecular weight excluding hydrogens is 243 g/mol. The quantitative estimate of drug-likeness (QED) is 0.785. The largest absolute Gasteiger partial charge is 0.481 e. The molecule has 94 valence electrons. The van der Waals surface area contributed by atoms with Crippen LogP contribution in [0.4, 0.5) is 13.2 Å². The van der Waals surface area contributed by atoms with Gasteiger partial charge in [-0.3, -0.25) is 4.79 Å². The predicted molar refractivity (Wildman–Crippen MR) is 55.5 cm³/mol. The van der Waals surface area contributed by atoms with E-state index in [0.29, 0.717) is 12.5 Å². The van der Waals surface area contributed by atoms with Crippen LogP contribution in [0.15, 0.2) is 0 Å². The lowest BCUT2D eigenvalue weighted by atomic mass is 10.1. The van der Waals surface area contributed by atoms with Crippen molar-refractivity contribution in [2.45, 2.75) is 12.6 Å². The maximum Gasteiger partial charge on any atom is 0.403 e. The van der Waals surface area contributed by atoms with Crippen LogP contribution in [0.25, 0.3) is 0 Å². The lowest BCUT2D eigenvalue weighted by molar-refractivity contribution is -0.192. The molecule has 3 nitrogen and oxygen atoms in total. The van der Waals surface area contributed by atoms with Gasteiger partial charge in [-0.2, -0.15) is 24.9 Å². The summed E-state index contributed by atoms with van der Waals surface area (Å²) in [6.45, 7) is -0.0765. The van der Waals surface area contributed by atoms with Gasteiger partial charge in [-0.1, -0.05) is 0 Å². The molecular formula is C9H14F3NO2S. The molecule has 0 aliphatic carbocycles. The van der Waals surface area contributed by atoms with E-state index in [2.05, 4.69) is 5.32 Å². The van der Waals surface area contributed by atoms with Gasteiger partial charge in [0.1, 0.15) is 0 Å². The summed E-state index contributed by atoms with van der Waals surface area (Å²) in [7, 11) is 0. The lowest BCUT2D eigenvalue weighted by Gasteiger charge is -2.17. The first-order valence-corrected chi connectivity index (χ1v) is 6.14. The van der Waals surface area contributed by atoms with E-state index in [0.717, 1.165) is 17.9 Å². The van der Waals surface area contributed by atoms with Crippen molar-refractivity contribution in [2.75, 3.05) is 24.6 Å². The van der Waals surface area contributed by atoms with Gasteiger partial charge in [0.25, 0.3) is 0 Å². The molecule has 16 heavy (non-hydrogen) atoms. The molecule has 0 bridgehead atoms. The van der Waals surface area contributed by atoms with Crippen molar-refractivity contribution in [3.05, 3.63) is 0 Å². The van der Waals surface area contributed by atoms with Crippen molar-refractivity contribution >= 4 is 17.7 Å². The summed E-state index contributed by atoms with van der Waals surface area (Å²) in [5.74, 6) is -1.78. The maximum atomic E-state index is 12.2. The van der Waals surface area contributed by atoms with E-state index in [1.165, 1.54) is 0 Å². The third-order valence-corrected chi connectivity index (χ3v) is 3.73. The molecule has 2 unspecified atom stereocenters. The van der Waals surface area contributed by atoms with Gasteiger partial charge in [-0.25, -0.2) is 0 Å². The standard InChI is InChI=1S/C9H14F3NO2S/c10-9(11,12)7(8(14)15)4-13-3-6-1-2-16-5-6/h6-7,13H,1-5H2,(H,14,15). The fourth-order valence-electron chi connectivity index (χ4n) is 1.52. The highest BCUT2D eigenvalue weighted by molar-refractivity contribution is 7.99. The average molecular weight is 257 g/mol. The third-order valence-electron chi connectivity index (χ3n) is 2.50. The SMILES string of the molecule is O=C(O)C(CNCC1CCSC1)C(F)(F)F. The van der Waals surface area contributed by atoms with Crippen molar-refractivity contribution < 1.29 is 23.1 Å². The number of alkyl halides is 3. The van der Waals surface area contributed by atoms with Gasteiger partial charge >= 0.3 is 12.1 Å². The zero-order valence-electron chi connectivity index (χ0n) is 8.59. The Balaban J connectivity index is 2.30. The molecule has 1 fully saturated rings. The Morgan fingerprint density at radius 3 is 2.69 bits per heavy atom. The van der Waals surface area contributed by atoms with Gasteiger partial charge < -0.3 is 10.4 Å². The molecule has 7 heteroatoms. The molecule has 2 N–H and O–H groups in total. The number of carboxylic acid groups (broad SMARTS) is 1. The summed E-state index contributed by atoms with van der Waals surface area (Å²) in [4.78, 5) is 10.4. The van der Waals surface area contributed by atoms with Crippen LogP contribution in [-0.2, 0) is 4.79 Å². The van der Waals surface area contributed by atoms with E-state index < -0.39 is 24.6 Å². The normalized spacial score (nSPS) is 23.3. The van der Waals surface area contributed by atoms with Crippen molar-refractivity contribution in [3.63, 3.8) is 0 Å². The van der Waals surface area contributed by atoms with Crippen LogP contribution in [0.1, 0.15) is 6.42 Å². The smallest absolute Gasteiger partial charge is 0.403 e. The lowest BCUT2D eigenvalue weighted by Crippen LogP contribution is -2.40.